The molecule has 0 aromatic heterocycles. The minimum absolute atomic E-state index is 0.165. The Balaban J connectivity index is 1.70. The molecule has 3 rings (SSSR count). The molecule has 0 spiro atoms. The van der Waals surface area contributed by atoms with Gasteiger partial charge in [-0.2, -0.15) is 0 Å². The number of hydrogen-bond donors (Lipinski definition) is 1. The van der Waals surface area contributed by atoms with Crippen LogP contribution in [0.1, 0.15) is 10.4 Å². The summed E-state index contributed by atoms with van der Waals surface area (Å²) in [5.41, 5.74) is 0.505. The van der Waals surface area contributed by atoms with E-state index < -0.39 is 0 Å². The lowest BCUT2D eigenvalue weighted by Gasteiger charge is -2.11. The molecule has 2 saturated heterocycles. The molecule has 0 aliphatic carbocycles. The SMILES string of the molecule is CSNC(=O)c1cc(OCC2CO2)cc(OCC2CO2)c1. The van der Waals surface area contributed by atoms with Gasteiger partial charge in [-0.1, -0.05) is 11.9 Å². The van der Waals surface area contributed by atoms with Crippen LogP contribution in [0.5, 0.6) is 11.5 Å². The lowest BCUT2D eigenvalue weighted by Crippen LogP contribution is -2.16. The highest BCUT2D eigenvalue weighted by Gasteiger charge is 2.24. The molecule has 6 nitrogen and oxygen atoms in total. The van der Waals surface area contributed by atoms with E-state index in [1.54, 1.807) is 24.5 Å². The maximum atomic E-state index is 12.0. The number of amides is 1. The fourth-order valence-corrected chi connectivity index (χ4v) is 2.03. The number of ether oxygens (including phenoxy) is 4. The maximum absolute atomic E-state index is 12.0. The van der Waals surface area contributed by atoms with E-state index >= 15 is 0 Å². The molecule has 114 valence electrons. The topological polar surface area (TPSA) is 72.6 Å². The summed E-state index contributed by atoms with van der Waals surface area (Å²) >= 11 is 1.25. The summed E-state index contributed by atoms with van der Waals surface area (Å²) in [5.74, 6) is 1.03. The van der Waals surface area contributed by atoms with Crippen LogP contribution in [-0.4, -0.2) is 50.8 Å². The van der Waals surface area contributed by atoms with Gasteiger partial charge in [0.25, 0.3) is 5.91 Å². The van der Waals surface area contributed by atoms with Crippen molar-refractivity contribution < 1.29 is 23.7 Å². The Morgan fingerprint density at radius 2 is 1.71 bits per heavy atom. The van der Waals surface area contributed by atoms with Gasteiger partial charge in [0.1, 0.15) is 36.9 Å². The van der Waals surface area contributed by atoms with Crippen LogP contribution in [0.2, 0.25) is 0 Å². The molecule has 1 N–H and O–H groups in total. The molecule has 2 unspecified atom stereocenters. The van der Waals surface area contributed by atoms with Crippen molar-refractivity contribution in [3.63, 3.8) is 0 Å². The first-order chi connectivity index (χ1) is 10.2. The Morgan fingerprint density at radius 1 is 1.19 bits per heavy atom. The van der Waals surface area contributed by atoms with Crippen LogP contribution in [-0.2, 0) is 9.47 Å². The van der Waals surface area contributed by atoms with Crippen molar-refractivity contribution in [2.45, 2.75) is 12.2 Å². The molecule has 2 atom stereocenters. The fourth-order valence-electron chi connectivity index (χ4n) is 1.73. The predicted octanol–water partition coefficient (Wildman–Crippen LogP) is 1.25. The van der Waals surface area contributed by atoms with Crippen LogP contribution in [0.3, 0.4) is 0 Å². The second-order valence-electron chi connectivity index (χ2n) is 4.86. The molecular weight excluding hydrogens is 294 g/mol. The average Bonchev–Trinajstić information content (AvgIpc) is 3.38. The van der Waals surface area contributed by atoms with E-state index in [9.17, 15) is 4.79 Å². The van der Waals surface area contributed by atoms with Crippen molar-refractivity contribution >= 4 is 17.9 Å². The Labute approximate surface area is 127 Å². The van der Waals surface area contributed by atoms with Crippen LogP contribution >= 0.6 is 11.9 Å². The van der Waals surface area contributed by atoms with E-state index in [4.69, 9.17) is 18.9 Å². The van der Waals surface area contributed by atoms with Gasteiger partial charge < -0.3 is 18.9 Å². The lowest BCUT2D eigenvalue weighted by molar-refractivity contribution is 0.0983. The Hall–Kier alpha value is -1.44. The zero-order valence-corrected chi connectivity index (χ0v) is 12.5. The normalized spacial score (nSPS) is 22.5. The minimum atomic E-state index is -0.178. The third-order valence-electron chi connectivity index (χ3n) is 3.01. The van der Waals surface area contributed by atoms with Crippen LogP contribution < -0.4 is 14.2 Å². The average molecular weight is 311 g/mol. The molecule has 21 heavy (non-hydrogen) atoms. The van der Waals surface area contributed by atoms with Crippen LogP contribution in [0, 0.1) is 0 Å². The summed E-state index contributed by atoms with van der Waals surface area (Å²) < 4.78 is 24.2. The van der Waals surface area contributed by atoms with E-state index in [0.29, 0.717) is 30.3 Å². The number of hydrogen-bond acceptors (Lipinski definition) is 6. The number of rotatable bonds is 8. The second kappa shape index (κ2) is 6.55. The number of epoxide rings is 2. The highest BCUT2D eigenvalue weighted by Crippen LogP contribution is 2.25. The summed E-state index contributed by atoms with van der Waals surface area (Å²) in [4.78, 5) is 12.0. The number of nitrogens with one attached hydrogen (secondary N) is 1. The third kappa shape index (κ3) is 4.52. The maximum Gasteiger partial charge on any atom is 0.261 e. The predicted molar refractivity (Wildman–Crippen MR) is 77.9 cm³/mol. The number of benzene rings is 1. The molecule has 2 aliphatic rings. The smallest absolute Gasteiger partial charge is 0.261 e. The molecule has 0 bridgehead atoms. The van der Waals surface area contributed by atoms with Crippen molar-refractivity contribution in [1.29, 1.82) is 0 Å². The zero-order valence-electron chi connectivity index (χ0n) is 11.7. The molecule has 1 aromatic carbocycles. The lowest BCUT2D eigenvalue weighted by atomic mass is 10.2. The fraction of sp³-hybridized carbons (Fsp3) is 0.500. The van der Waals surface area contributed by atoms with Gasteiger partial charge in [0.2, 0.25) is 0 Å². The number of carbonyl (C=O) groups excluding carboxylic acids is 1. The summed E-state index contributed by atoms with van der Waals surface area (Å²) in [6, 6.07) is 5.18. The molecule has 1 aromatic rings. The first kappa shape index (κ1) is 14.5. The standard InChI is InChI=1S/C14H17NO5S/c1-21-15-14(16)9-2-10(17-5-12-7-19-12)4-11(3-9)18-6-13-8-20-13/h2-4,12-13H,5-8H2,1H3,(H,15,16). The third-order valence-corrected chi connectivity index (χ3v) is 3.40. The number of carbonyl (C=O) groups is 1. The summed E-state index contributed by atoms with van der Waals surface area (Å²) in [7, 11) is 0. The van der Waals surface area contributed by atoms with E-state index in [-0.39, 0.29) is 18.1 Å². The van der Waals surface area contributed by atoms with Crippen molar-refractivity contribution in [3.05, 3.63) is 23.8 Å². The highest BCUT2D eigenvalue weighted by molar-refractivity contribution is 7.97. The van der Waals surface area contributed by atoms with E-state index in [1.165, 1.54) is 11.9 Å². The van der Waals surface area contributed by atoms with Crippen LogP contribution in [0.15, 0.2) is 18.2 Å². The van der Waals surface area contributed by atoms with Gasteiger partial charge in [-0.15, -0.1) is 0 Å². The Morgan fingerprint density at radius 3 is 2.14 bits per heavy atom. The van der Waals surface area contributed by atoms with Crippen molar-refractivity contribution in [2.24, 2.45) is 0 Å². The largest absolute Gasteiger partial charge is 0.491 e. The van der Waals surface area contributed by atoms with Gasteiger partial charge in [0.15, 0.2) is 0 Å². The molecule has 1 amide bonds. The molecule has 2 heterocycles. The van der Waals surface area contributed by atoms with Crippen molar-refractivity contribution in [2.75, 3.05) is 32.7 Å². The van der Waals surface area contributed by atoms with E-state index in [1.807, 2.05) is 0 Å². The minimum Gasteiger partial charge on any atom is -0.491 e. The van der Waals surface area contributed by atoms with Crippen LogP contribution in [0.25, 0.3) is 0 Å². The molecule has 2 fully saturated rings. The van der Waals surface area contributed by atoms with Gasteiger partial charge >= 0.3 is 0 Å². The van der Waals surface area contributed by atoms with Gasteiger partial charge in [-0.05, 0) is 12.1 Å². The second-order valence-corrected chi connectivity index (χ2v) is 5.47. The van der Waals surface area contributed by atoms with Crippen molar-refractivity contribution in [1.82, 2.24) is 4.72 Å². The van der Waals surface area contributed by atoms with Gasteiger partial charge in [-0.25, -0.2) is 0 Å². The summed E-state index contributed by atoms with van der Waals surface area (Å²) in [6.07, 6.45) is 2.13. The monoisotopic (exact) mass is 311 g/mol. The Kier molecular flexibility index (Phi) is 4.52. The van der Waals surface area contributed by atoms with Gasteiger partial charge in [0.05, 0.1) is 13.2 Å². The van der Waals surface area contributed by atoms with Gasteiger partial charge in [-0.3, -0.25) is 9.52 Å². The van der Waals surface area contributed by atoms with E-state index in [2.05, 4.69) is 4.72 Å². The summed E-state index contributed by atoms with van der Waals surface area (Å²) in [5, 5.41) is 0. The molecule has 0 radical (unpaired) electrons. The molecule has 0 saturated carbocycles. The zero-order chi connectivity index (χ0) is 14.7. The molecular formula is C14H17NO5S. The van der Waals surface area contributed by atoms with Crippen LogP contribution in [0.4, 0.5) is 0 Å². The van der Waals surface area contributed by atoms with E-state index in [0.717, 1.165) is 13.2 Å². The van der Waals surface area contributed by atoms with Crippen molar-refractivity contribution in [3.8, 4) is 11.5 Å². The molecule has 7 heteroatoms. The first-order valence-electron chi connectivity index (χ1n) is 6.72. The summed E-state index contributed by atoms with van der Waals surface area (Å²) in [6.45, 7) is 2.43. The quantitative estimate of drug-likeness (QED) is 0.575. The Bertz CT molecular complexity index is 482. The highest BCUT2D eigenvalue weighted by atomic mass is 32.2. The molecule has 2 aliphatic heterocycles. The first-order valence-corrected chi connectivity index (χ1v) is 7.94. The van der Waals surface area contributed by atoms with Gasteiger partial charge in [0, 0.05) is 17.9 Å².